The summed E-state index contributed by atoms with van der Waals surface area (Å²) in [4.78, 5) is 0. The minimum atomic E-state index is 0.406. The molecule has 0 saturated heterocycles. The molecule has 2 rings (SSSR count). The van der Waals surface area contributed by atoms with Gasteiger partial charge in [0.05, 0.1) is 0 Å². The minimum absolute atomic E-state index is 0.406. The van der Waals surface area contributed by atoms with Gasteiger partial charge in [0, 0.05) is 21.3 Å². The van der Waals surface area contributed by atoms with E-state index in [-0.39, 0.29) is 0 Å². The van der Waals surface area contributed by atoms with E-state index in [1.54, 1.807) is 12.1 Å². The summed E-state index contributed by atoms with van der Waals surface area (Å²) >= 11 is 12.0. The van der Waals surface area contributed by atoms with Crippen molar-refractivity contribution in [1.29, 1.82) is 0 Å². The van der Waals surface area contributed by atoms with Crippen LogP contribution >= 0.6 is 23.2 Å². The van der Waals surface area contributed by atoms with Crippen molar-refractivity contribution in [2.24, 2.45) is 0 Å². The summed E-state index contributed by atoms with van der Waals surface area (Å²) in [7, 11) is 0. The highest BCUT2D eigenvalue weighted by molar-refractivity contribution is 6.32. The molecule has 2 aromatic carbocycles. The fourth-order valence-corrected chi connectivity index (χ4v) is 2.14. The van der Waals surface area contributed by atoms with E-state index in [4.69, 9.17) is 33.7 Å². The molecule has 0 unspecified atom stereocenters. The molecule has 0 amide bonds. The number of rotatable bonds is 3. The van der Waals surface area contributed by atoms with Crippen molar-refractivity contribution in [2.75, 3.05) is 5.73 Å². The van der Waals surface area contributed by atoms with Gasteiger partial charge in [0.15, 0.2) is 0 Å². The smallest absolute Gasteiger partial charge is 0.120 e. The summed E-state index contributed by atoms with van der Waals surface area (Å²) in [6.07, 6.45) is 0. The van der Waals surface area contributed by atoms with Gasteiger partial charge in [0.25, 0.3) is 0 Å². The maximum atomic E-state index is 6.12. The van der Waals surface area contributed by atoms with E-state index in [0.29, 0.717) is 17.3 Å². The van der Waals surface area contributed by atoms with Crippen molar-refractivity contribution in [3.05, 3.63) is 57.1 Å². The summed E-state index contributed by atoms with van der Waals surface area (Å²) in [6, 6.07) is 9.23. The second-order valence-electron chi connectivity index (χ2n) is 4.50. The lowest BCUT2D eigenvalue weighted by Gasteiger charge is -2.11. The maximum Gasteiger partial charge on any atom is 0.120 e. The van der Waals surface area contributed by atoms with E-state index >= 15 is 0 Å². The average Bonchev–Trinajstić information content (AvgIpc) is 2.34. The van der Waals surface area contributed by atoms with Crippen LogP contribution in [0.3, 0.4) is 0 Å². The molecule has 0 radical (unpaired) electrons. The van der Waals surface area contributed by atoms with Crippen molar-refractivity contribution < 1.29 is 4.74 Å². The molecular weight excluding hydrogens is 281 g/mol. The topological polar surface area (TPSA) is 35.2 Å². The monoisotopic (exact) mass is 295 g/mol. The second-order valence-corrected chi connectivity index (χ2v) is 5.32. The Morgan fingerprint density at radius 3 is 2.26 bits per heavy atom. The first-order valence-corrected chi connectivity index (χ1v) is 6.66. The number of ether oxygens (including phenoxy) is 1. The van der Waals surface area contributed by atoms with Gasteiger partial charge in [-0.2, -0.15) is 0 Å². The number of hydrogen-bond acceptors (Lipinski definition) is 2. The fourth-order valence-electron chi connectivity index (χ4n) is 1.85. The molecule has 0 bridgehead atoms. The first-order chi connectivity index (χ1) is 8.97. The Balaban J connectivity index is 2.14. The molecule has 100 valence electrons. The third-order valence-corrected chi connectivity index (χ3v) is 3.74. The number of hydrogen-bond donors (Lipinski definition) is 1. The quantitative estimate of drug-likeness (QED) is 0.828. The van der Waals surface area contributed by atoms with E-state index in [2.05, 4.69) is 0 Å². The van der Waals surface area contributed by atoms with Gasteiger partial charge in [-0.25, -0.2) is 0 Å². The summed E-state index contributed by atoms with van der Waals surface area (Å²) in [6.45, 7) is 4.32. The molecule has 19 heavy (non-hydrogen) atoms. The number of anilines is 1. The van der Waals surface area contributed by atoms with Crippen molar-refractivity contribution in [3.8, 4) is 5.75 Å². The van der Waals surface area contributed by atoms with E-state index in [0.717, 1.165) is 27.5 Å². The highest BCUT2D eigenvalue weighted by atomic mass is 35.5. The summed E-state index contributed by atoms with van der Waals surface area (Å²) in [5, 5.41) is 1.40. The standard InChI is InChI=1S/C15H15Cl2NO/c1-9-5-13(6-10(2)15(9)17)19-8-11-3-4-12(16)7-14(11)18/h3-7H,8,18H2,1-2H3. The number of nitrogen functional groups attached to an aromatic ring is 1. The lowest BCUT2D eigenvalue weighted by molar-refractivity contribution is 0.306. The first-order valence-electron chi connectivity index (χ1n) is 5.91. The zero-order valence-corrected chi connectivity index (χ0v) is 12.3. The molecule has 0 heterocycles. The van der Waals surface area contributed by atoms with Gasteiger partial charge in [-0.3, -0.25) is 0 Å². The number of halogens is 2. The molecule has 4 heteroatoms. The van der Waals surface area contributed by atoms with Crippen molar-refractivity contribution in [1.82, 2.24) is 0 Å². The SMILES string of the molecule is Cc1cc(OCc2ccc(Cl)cc2N)cc(C)c1Cl. The number of benzene rings is 2. The Morgan fingerprint density at radius 1 is 1.05 bits per heavy atom. The highest BCUT2D eigenvalue weighted by Crippen LogP contribution is 2.27. The normalized spacial score (nSPS) is 10.5. The van der Waals surface area contributed by atoms with Crippen LogP contribution in [-0.4, -0.2) is 0 Å². The third kappa shape index (κ3) is 3.34. The van der Waals surface area contributed by atoms with Crippen LogP contribution in [0.4, 0.5) is 5.69 Å². The van der Waals surface area contributed by atoms with Gasteiger partial charge in [0.2, 0.25) is 0 Å². The van der Waals surface area contributed by atoms with Crippen molar-refractivity contribution >= 4 is 28.9 Å². The molecule has 2 aromatic rings. The zero-order chi connectivity index (χ0) is 14.0. The Hall–Kier alpha value is -1.38. The van der Waals surface area contributed by atoms with Crippen LogP contribution in [0.15, 0.2) is 30.3 Å². The number of nitrogens with two attached hydrogens (primary N) is 1. The predicted molar refractivity (Wildman–Crippen MR) is 81.1 cm³/mol. The van der Waals surface area contributed by atoms with E-state index in [9.17, 15) is 0 Å². The summed E-state index contributed by atoms with van der Waals surface area (Å²) in [5.41, 5.74) is 9.43. The lowest BCUT2D eigenvalue weighted by Crippen LogP contribution is -2.00. The molecule has 0 atom stereocenters. The molecule has 0 aromatic heterocycles. The molecule has 0 aliphatic rings. The van der Waals surface area contributed by atoms with Crippen LogP contribution in [0.2, 0.25) is 10.0 Å². The van der Waals surface area contributed by atoms with Crippen LogP contribution < -0.4 is 10.5 Å². The van der Waals surface area contributed by atoms with Crippen LogP contribution in [-0.2, 0) is 6.61 Å². The van der Waals surface area contributed by atoms with E-state index in [1.807, 2.05) is 32.0 Å². The summed E-state index contributed by atoms with van der Waals surface area (Å²) < 4.78 is 5.75. The van der Waals surface area contributed by atoms with Gasteiger partial charge < -0.3 is 10.5 Å². The first kappa shape index (κ1) is 14.0. The molecule has 0 saturated carbocycles. The second kappa shape index (κ2) is 5.72. The molecule has 2 N–H and O–H groups in total. The molecule has 0 fully saturated rings. The molecule has 2 nitrogen and oxygen atoms in total. The predicted octanol–water partition coefficient (Wildman–Crippen LogP) is 4.77. The van der Waals surface area contributed by atoms with Gasteiger partial charge in [0.1, 0.15) is 12.4 Å². The van der Waals surface area contributed by atoms with E-state index in [1.165, 1.54) is 0 Å². The van der Waals surface area contributed by atoms with Crippen LogP contribution in [0.5, 0.6) is 5.75 Å². The Labute approximate surface area is 123 Å². The van der Waals surface area contributed by atoms with Gasteiger partial charge in [-0.05, 0) is 49.2 Å². The highest BCUT2D eigenvalue weighted by Gasteiger charge is 2.05. The molecular formula is C15H15Cl2NO. The third-order valence-electron chi connectivity index (χ3n) is 2.91. The van der Waals surface area contributed by atoms with Crippen LogP contribution in [0, 0.1) is 13.8 Å². The number of aryl methyl sites for hydroxylation is 2. The van der Waals surface area contributed by atoms with Crippen LogP contribution in [0.25, 0.3) is 0 Å². The van der Waals surface area contributed by atoms with Gasteiger partial charge >= 0.3 is 0 Å². The summed E-state index contributed by atoms with van der Waals surface area (Å²) in [5.74, 6) is 0.786. The minimum Gasteiger partial charge on any atom is -0.489 e. The maximum absolute atomic E-state index is 6.12. The van der Waals surface area contributed by atoms with Crippen LogP contribution in [0.1, 0.15) is 16.7 Å². The fraction of sp³-hybridized carbons (Fsp3) is 0.200. The molecule has 0 aliphatic carbocycles. The van der Waals surface area contributed by atoms with E-state index < -0.39 is 0 Å². The Morgan fingerprint density at radius 2 is 1.68 bits per heavy atom. The largest absolute Gasteiger partial charge is 0.489 e. The Kier molecular flexibility index (Phi) is 4.23. The van der Waals surface area contributed by atoms with Gasteiger partial charge in [-0.15, -0.1) is 0 Å². The molecule has 0 spiro atoms. The Bertz CT molecular complexity index is 588. The zero-order valence-electron chi connectivity index (χ0n) is 10.8. The van der Waals surface area contributed by atoms with Gasteiger partial charge in [-0.1, -0.05) is 29.3 Å². The average molecular weight is 296 g/mol. The molecule has 0 aliphatic heterocycles. The van der Waals surface area contributed by atoms with Crippen molar-refractivity contribution in [3.63, 3.8) is 0 Å². The lowest BCUT2D eigenvalue weighted by atomic mass is 10.1. The van der Waals surface area contributed by atoms with Crippen molar-refractivity contribution in [2.45, 2.75) is 20.5 Å².